The number of hydrogen-bond acceptors (Lipinski definition) is 4. The number of rotatable bonds is 9. The molecule has 8 nitrogen and oxygen atoms in total. The van der Waals surface area contributed by atoms with Gasteiger partial charge in [-0.3, -0.25) is 9.59 Å². The van der Waals surface area contributed by atoms with Crippen molar-refractivity contribution in [3.63, 3.8) is 0 Å². The molecule has 42 heavy (non-hydrogen) atoms. The number of carbonyl (C=O) groups is 3. The summed E-state index contributed by atoms with van der Waals surface area (Å²) in [5, 5.41) is 6.21. The molecule has 218 valence electrons. The van der Waals surface area contributed by atoms with Gasteiger partial charge < -0.3 is 15.1 Å². The largest absolute Gasteiger partial charge is 0.337 e. The van der Waals surface area contributed by atoms with Crippen molar-refractivity contribution in [3.05, 3.63) is 95.6 Å². The van der Waals surface area contributed by atoms with Crippen LogP contribution >= 0.6 is 0 Å². The molecule has 3 atom stereocenters. The van der Waals surface area contributed by atoms with Crippen LogP contribution in [0.5, 0.6) is 0 Å². The number of hydrogen-bond donors (Lipinski definition) is 1. The smallest absolute Gasteiger partial charge is 0.334 e. The zero-order valence-electron chi connectivity index (χ0n) is 24.2. The molecule has 0 saturated carbocycles. The summed E-state index contributed by atoms with van der Waals surface area (Å²) in [6, 6.07) is 18.8. The molecule has 2 aromatic rings. The highest BCUT2D eigenvalue weighted by atomic mass is 16.2. The quantitative estimate of drug-likeness (QED) is 0.467. The average molecular weight is 566 g/mol. The Morgan fingerprint density at radius 2 is 1.76 bits per heavy atom. The second kappa shape index (κ2) is 13.5. The third-order valence-electron chi connectivity index (χ3n) is 8.15. The predicted octanol–water partition coefficient (Wildman–Crippen LogP) is 3.97. The first-order valence-corrected chi connectivity index (χ1v) is 14.7. The van der Waals surface area contributed by atoms with Crippen molar-refractivity contribution in [2.75, 3.05) is 26.2 Å². The number of urea groups is 1. The van der Waals surface area contributed by atoms with Crippen LogP contribution in [-0.2, 0) is 22.6 Å². The van der Waals surface area contributed by atoms with E-state index < -0.39 is 12.2 Å². The van der Waals surface area contributed by atoms with E-state index in [1.54, 1.807) is 14.9 Å². The summed E-state index contributed by atoms with van der Waals surface area (Å²) in [5.74, 6) is 2.77. The van der Waals surface area contributed by atoms with Gasteiger partial charge in [-0.05, 0) is 41.9 Å². The van der Waals surface area contributed by atoms with Gasteiger partial charge in [0.05, 0.1) is 19.6 Å². The molecule has 1 N–H and O–H groups in total. The molecule has 4 amide bonds. The molecule has 2 heterocycles. The van der Waals surface area contributed by atoms with Gasteiger partial charge in [0.1, 0.15) is 12.2 Å². The van der Waals surface area contributed by atoms with Crippen LogP contribution < -0.4 is 5.32 Å². The summed E-state index contributed by atoms with van der Waals surface area (Å²) in [5.41, 5.74) is 3.21. The number of nitrogens with zero attached hydrogens (tertiary/aromatic N) is 4. The molecule has 2 saturated heterocycles. The number of amides is 4. The fraction of sp³-hybridized carbons (Fsp3) is 0.382. The first-order valence-electron chi connectivity index (χ1n) is 14.7. The lowest BCUT2D eigenvalue weighted by atomic mass is 9.92. The third-order valence-corrected chi connectivity index (χ3v) is 8.15. The van der Waals surface area contributed by atoms with E-state index in [1.165, 1.54) is 5.56 Å². The highest BCUT2D eigenvalue weighted by Crippen LogP contribution is 2.31. The number of terminal acetylenes is 1. The number of nitrogens with one attached hydrogen (secondary N) is 1. The molecule has 0 bridgehead atoms. The minimum absolute atomic E-state index is 0.0663. The fourth-order valence-electron chi connectivity index (χ4n) is 5.96. The molecule has 8 heteroatoms. The number of allylic oxidation sites excluding steroid dienone is 3. The van der Waals surface area contributed by atoms with Gasteiger partial charge in [-0.2, -0.15) is 5.01 Å². The fourth-order valence-corrected chi connectivity index (χ4v) is 5.96. The molecule has 5 rings (SSSR count). The molecule has 2 unspecified atom stereocenters. The SMILES string of the molecule is C#CCN1CC(=O)N2C(CN(CCCc3ccccc3)C(=O)[C@@H]2CC2=CCC(C)C=C2)N1C(=O)NCc1ccccc1. The van der Waals surface area contributed by atoms with Gasteiger partial charge in [0, 0.05) is 19.5 Å². The molecular formula is C34H39N5O3. The Labute approximate surface area is 248 Å². The number of carbonyl (C=O) groups excluding carboxylic acids is 3. The van der Waals surface area contributed by atoms with Crippen molar-refractivity contribution < 1.29 is 14.4 Å². The monoisotopic (exact) mass is 565 g/mol. The summed E-state index contributed by atoms with van der Waals surface area (Å²) < 4.78 is 0. The summed E-state index contributed by atoms with van der Waals surface area (Å²) in [4.78, 5) is 44.9. The highest BCUT2D eigenvalue weighted by molar-refractivity contribution is 5.91. The minimum Gasteiger partial charge on any atom is -0.337 e. The summed E-state index contributed by atoms with van der Waals surface area (Å²) in [6.45, 7) is 3.28. The minimum atomic E-state index is -0.699. The Balaban J connectivity index is 1.41. The second-order valence-corrected chi connectivity index (χ2v) is 11.2. The first kappa shape index (κ1) is 29.2. The highest BCUT2D eigenvalue weighted by Gasteiger charge is 2.51. The summed E-state index contributed by atoms with van der Waals surface area (Å²) in [6.07, 6.45) is 14.3. The van der Waals surface area contributed by atoms with E-state index in [9.17, 15) is 14.4 Å². The van der Waals surface area contributed by atoms with Crippen LogP contribution in [0.1, 0.15) is 37.3 Å². The Morgan fingerprint density at radius 1 is 1.05 bits per heavy atom. The molecule has 0 radical (unpaired) electrons. The van der Waals surface area contributed by atoms with E-state index in [-0.39, 0.29) is 37.5 Å². The van der Waals surface area contributed by atoms with Gasteiger partial charge in [-0.1, -0.05) is 91.7 Å². The number of fused-ring (bicyclic) bond motifs is 1. The Morgan fingerprint density at radius 3 is 2.43 bits per heavy atom. The molecular weight excluding hydrogens is 526 g/mol. The van der Waals surface area contributed by atoms with Crippen molar-refractivity contribution >= 4 is 17.8 Å². The summed E-state index contributed by atoms with van der Waals surface area (Å²) in [7, 11) is 0. The van der Waals surface area contributed by atoms with E-state index in [4.69, 9.17) is 6.42 Å². The van der Waals surface area contributed by atoms with Gasteiger partial charge in [0.15, 0.2) is 0 Å². The maximum atomic E-state index is 14.0. The van der Waals surface area contributed by atoms with Gasteiger partial charge in [-0.25, -0.2) is 9.80 Å². The molecule has 0 spiro atoms. The van der Waals surface area contributed by atoms with Crippen molar-refractivity contribution in [1.29, 1.82) is 0 Å². The normalized spacial score (nSPS) is 22.4. The zero-order valence-corrected chi connectivity index (χ0v) is 24.2. The standard InChI is InChI=1S/C34H39N5O3/c1-3-20-37-25-32(40)38-30(22-28-18-16-26(2)17-19-28)33(41)36(21-10-15-27-11-6-4-7-12-27)24-31(38)39(37)34(42)35-23-29-13-8-5-9-14-29/h1,4-9,11-14,16,18-19,26,30-31H,10,15,17,20-25H2,2H3,(H,35,42)/t26?,30-,31?/m0/s1. The summed E-state index contributed by atoms with van der Waals surface area (Å²) >= 11 is 0. The second-order valence-electron chi connectivity index (χ2n) is 11.2. The zero-order chi connectivity index (χ0) is 29.5. The van der Waals surface area contributed by atoms with E-state index >= 15 is 0 Å². The lowest BCUT2D eigenvalue weighted by Crippen LogP contribution is -2.76. The topological polar surface area (TPSA) is 76.2 Å². The van der Waals surface area contributed by atoms with Gasteiger partial charge in [-0.15, -0.1) is 6.42 Å². The van der Waals surface area contributed by atoms with Crippen molar-refractivity contribution in [2.45, 2.75) is 51.4 Å². The van der Waals surface area contributed by atoms with E-state index in [0.717, 1.165) is 30.4 Å². The van der Waals surface area contributed by atoms with Gasteiger partial charge >= 0.3 is 6.03 Å². The molecule has 2 aromatic carbocycles. The maximum absolute atomic E-state index is 14.0. The van der Waals surface area contributed by atoms with Crippen molar-refractivity contribution in [1.82, 2.24) is 25.1 Å². The van der Waals surface area contributed by atoms with Crippen LogP contribution in [0.25, 0.3) is 0 Å². The molecule has 3 aliphatic rings. The van der Waals surface area contributed by atoms with Crippen molar-refractivity contribution in [3.8, 4) is 12.3 Å². The van der Waals surface area contributed by atoms with Crippen LogP contribution in [0.3, 0.4) is 0 Å². The number of hydrazine groups is 1. The molecule has 0 aromatic heterocycles. The molecule has 2 aliphatic heterocycles. The average Bonchev–Trinajstić information content (AvgIpc) is 3.00. The van der Waals surface area contributed by atoms with Crippen LogP contribution in [0, 0.1) is 18.3 Å². The third kappa shape index (κ3) is 6.75. The van der Waals surface area contributed by atoms with E-state index in [1.807, 2.05) is 53.4 Å². The van der Waals surface area contributed by atoms with E-state index in [0.29, 0.717) is 25.4 Å². The maximum Gasteiger partial charge on any atom is 0.334 e. The van der Waals surface area contributed by atoms with Crippen LogP contribution in [0.2, 0.25) is 0 Å². The van der Waals surface area contributed by atoms with Gasteiger partial charge in [0.2, 0.25) is 11.8 Å². The lowest BCUT2D eigenvalue weighted by molar-refractivity contribution is -0.188. The Hall–Kier alpha value is -4.35. The first-order chi connectivity index (χ1) is 20.4. The number of aryl methyl sites for hydroxylation is 1. The van der Waals surface area contributed by atoms with Gasteiger partial charge in [0.25, 0.3) is 0 Å². The Kier molecular flexibility index (Phi) is 9.40. The molecule has 1 aliphatic carbocycles. The number of benzene rings is 2. The number of piperazine rings is 1. The molecule has 2 fully saturated rings. The van der Waals surface area contributed by atoms with Crippen LogP contribution in [0.4, 0.5) is 4.79 Å². The van der Waals surface area contributed by atoms with Crippen LogP contribution in [0.15, 0.2) is 84.5 Å². The predicted molar refractivity (Wildman–Crippen MR) is 162 cm³/mol. The van der Waals surface area contributed by atoms with Crippen LogP contribution in [-0.4, -0.2) is 76.0 Å². The Bertz CT molecular complexity index is 1370. The van der Waals surface area contributed by atoms with E-state index in [2.05, 4.69) is 48.5 Å². The van der Waals surface area contributed by atoms with Crippen molar-refractivity contribution in [2.24, 2.45) is 5.92 Å². The lowest BCUT2D eigenvalue weighted by Gasteiger charge is -2.55.